The van der Waals surface area contributed by atoms with Gasteiger partial charge in [0.25, 0.3) is 0 Å². The standard InChI is InChI=1S/C17H24N2O3S/c1-13-3-5-15(6-4-13)19-9-7-16(17(19)20)18(2)11-14-8-10-23(21,22)12-14/h3-6,14,16H,7-12H2,1-2H3/t14-,16+/m1/s1. The first kappa shape index (κ1) is 16.5. The highest BCUT2D eigenvalue weighted by Gasteiger charge is 2.37. The highest BCUT2D eigenvalue weighted by Crippen LogP contribution is 2.26. The van der Waals surface area contributed by atoms with Gasteiger partial charge in [-0.3, -0.25) is 9.69 Å². The van der Waals surface area contributed by atoms with Crippen LogP contribution in [-0.4, -0.2) is 56.9 Å². The van der Waals surface area contributed by atoms with E-state index in [1.54, 1.807) is 0 Å². The molecule has 2 atom stereocenters. The van der Waals surface area contributed by atoms with Crippen molar-refractivity contribution in [1.82, 2.24) is 4.90 Å². The number of sulfone groups is 1. The zero-order valence-corrected chi connectivity index (χ0v) is 14.6. The zero-order valence-electron chi connectivity index (χ0n) is 13.7. The van der Waals surface area contributed by atoms with Crippen LogP contribution in [0.1, 0.15) is 18.4 Å². The Bertz CT molecular complexity index is 684. The van der Waals surface area contributed by atoms with Gasteiger partial charge in [-0.25, -0.2) is 8.42 Å². The summed E-state index contributed by atoms with van der Waals surface area (Å²) in [5.41, 5.74) is 2.12. The van der Waals surface area contributed by atoms with Crippen LogP contribution in [0.3, 0.4) is 0 Å². The molecule has 2 fully saturated rings. The van der Waals surface area contributed by atoms with Crippen molar-refractivity contribution in [3.63, 3.8) is 0 Å². The van der Waals surface area contributed by atoms with Crippen LogP contribution < -0.4 is 4.90 Å². The average Bonchev–Trinajstić information content (AvgIpc) is 3.02. The Labute approximate surface area is 138 Å². The predicted octanol–water partition coefficient (Wildman–Crippen LogP) is 1.47. The smallest absolute Gasteiger partial charge is 0.244 e. The second-order valence-electron chi connectivity index (χ2n) is 6.84. The SMILES string of the molecule is Cc1ccc(N2CC[C@H](N(C)C[C@H]3CCS(=O)(=O)C3)C2=O)cc1. The lowest BCUT2D eigenvalue weighted by molar-refractivity contribution is -0.121. The van der Waals surface area contributed by atoms with Crippen LogP contribution in [0.5, 0.6) is 0 Å². The Kier molecular flexibility index (Phi) is 4.47. The Morgan fingerprint density at radius 3 is 2.52 bits per heavy atom. The molecule has 1 aromatic rings. The van der Waals surface area contributed by atoms with E-state index in [1.807, 2.05) is 48.0 Å². The number of anilines is 1. The Morgan fingerprint density at radius 2 is 1.91 bits per heavy atom. The van der Waals surface area contributed by atoms with Crippen molar-refractivity contribution in [2.75, 3.05) is 36.5 Å². The summed E-state index contributed by atoms with van der Waals surface area (Å²) >= 11 is 0. The molecule has 2 saturated heterocycles. The summed E-state index contributed by atoms with van der Waals surface area (Å²) in [4.78, 5) is 16.6. The molecule has 3 rings (SSSR count). The Balaban J connectivity index is 1.63. The van der Waals surface area contributed by atoms with Gasteiger partial charge in [-0.1, -0.05) is 17.7 Å². The zero-order chi connectivity index (χ0) is 16.6. The van der Waals surface area contributed by atoms with Gasteiger partial charge in [-0.2, -0.15) is 0 Å². The summed E-state index contributed by atoms with van der Waals surface area (Å²) in [7, 11) is -0.921. The van der Waals surface area contributed by atoms with Gasteiger partial charge in [0, 0.05) is 18.8 Å². The van der Waals surface area contributed by atoms with Crippen molar-refractivity contribution >= 4 is 21.4 Å². The van der Waals surface area contributed by atoms with Crippen LogP contribution in [0.25, 0.3) is 0 Å². The predicted molar refractivity (Wildman–Crippen MR) is 91.3 cm³/mol. The molecule has 0 unspecified atom stereocenters. The van der Waals surface area contributed by atoms with E-state index >= 15 is 0 Å². The molecule has 1 amide bonds. The molecular formula is C17H24N2O3S. The number of likely N-dealkylation sites (N-methyl/N-ethyl adjacent to an activating group) is 1. The normalized spacial score (nSPS) is 27.1. The summed E-state index contributed by atoms with van der Waals surface area (Å²) in [6.07, 6.45) is 1.51. The van der Waals surface area contributed by atoms with Crippen LogP contribution in [0, 0.1) is 12.8 Å². The lowest BCUT2D eigenvalue weighted by Gasteiger charge is -2.26. The van der Waals surface area contributed by atoms with E-state index in [4.69, 9.17) is 0 Å². The number of carbonyl (C=O) groups is 1. The maximum atomic E-state index is 12.7. The van der Waals surface area contributed by atoms with E-state index in [0.717, 1.165) is 25.1 Å². The van der Waals surface area contributed by atoms with Crippen molar-refractivity contribution in [3.05, 3.63) is 29.8 Å². The molecule has 1 aromatic carbocycles. The van der Waals surface area contributed by atoms with E-state index in [1.165, 1.54) is 5.56 Å². The fourth-order valence-corrected chi connectivity index (χ4v) is 5.45. The maximum absolute atomic E-state index is 12.7. The third-order valence-electron chi connectivity index (χ3n) is 4.93. The number of amides is 1. The number of nitrogens with zero attached hydrogens (tertiary/aromatic N) is 2. The van der Waals surface area contributed by atoms with E-state index in [2.05, 4.69) is 0 Å². The molecule has 0 spiro atoms. The summed E-state index contributed by atoms with van der Waals surface area (Å²) in [6.45, 7) is 3.43. The van der Waals surface area contributed by atoms with Crippen LogP contribution in [0.15, 0.2) is 24.3 Å². The molecule has 0 aliphatic carbocycles. The lowest BCUT2D eigenvalue weighted by atomic mass is 10.1. The molecule has 0 aromatic heterocycles. The fraction of sp³-hybridized carbons (Fsp3) is 0.588. The largest absolute Gasteiger partial charge is 0.311 e. The summed E-state index contributed by atoms with van der Waals surface area (Å²) in [6, 6.07) is 7.87. The van der Waals surface area contributed by atoms with E-state index in [9.17, 15) is 13.2 Å². The average molecular weight is 336 g/mol. The summed E-state index contributed by atoms with van der Waals surface area (Å²) < 4.78 is 23.2. The van der Waals surface area contributed by atoms with E-state index in [-0.39, 0.29) is 23.6 Å². The molecule has 5 nitrogen and oxygen atoms in total. The molecule has 6 heteroatoms. The van der Waals surface area contributed by atoms with Gasteiger partial charge < -0.3 is 4.90 Å². The van der Waals surface area contributed by atoms with Gasteiger partial charge in [0.05, 0.1) is 17.5 Å². The number of carbonyl (C=O) groups excluding carboxylic acids is 1. The minimum atomic E-state index is -2.86. The molecule has 0 bridgehead atoms. The molecule has 23 heavy (non-hydrogen) atoms. The second kappa shape index (κ2) is 6.24. The van der Waals surface area contributed by atoms with Crippen molar-refractivity contribution in [3.8, 4) is 0 Å². The van der Waals surface area contributed by atoms with Crippen molar-refractivity contribution in [2.45, 2.75) is 25.8 Å². The Morgan fingerprint density at radius 1 is 1.22 bits per heavy atom. The topological polar surface area (TPSA) is 57.7 Å². The van der Waals surface area contributed by atoms with Gasteiger partial charge in [-0.15, -0.1) is 0 Å². The first-order chi connectivity index (χ1) is 10.9. The maximum Gasteiger partial charge on any atom is 0.244 e. The van der Waals surface area contributed by atoms with Crippen LogP contribution in [0.4, 0.5) is 5.69 Å². The minimum Gasteiger partial charge on any atom is -0.311 e. The van der Waals surface area contributed by atoms with Crippen LogP contribution >= 0.6 is 0 Å². The van der Waals surface area contributed by atoms with Crippen molar-refractivity contribution in [2.24, 2.45) is 5.92 Å². The molecule has 126 valence electrons. The number of hydrogen-bond acceptors (Lipinski definition) is 4. The molecule has 2 aliphatic heterocycles. The van der Waals surface area contributed by atoms with Crippen LogP contribution in [-0.2, 0) is 14.6 Å². The number of aryl methyl sites for hydroxylation is 1. The minimum absolute atomic E-state index is 0.122. The van der Waals surface area contributed by atoms with E-state index < -0.39 is 9.84 Å². The lowest BCUT2D eigenvalue weighted by Crippen LogP contribution is -2.42. The first-order valence-electron chi connectivity index (χ1n) is 8.14. The van der Waals surface area contributed by atoms with E-state index in [0.29, 0.717) is 12.3 Å². The van der Waals surface area contributed by atoms with Crippen molar-refractivity contribution in [1.29, 1.82) is 0 Å². The Hall–Kier alpha value is -1.40. The highest BCUT2D eigenvalue weighted by molar-refractivity contribution is 7.91. The van der Waals surface area contributed by atoms with Gasteiger partial charge in [0.1, 0.15) is 0 Å². The molecule has 2 heterocycles. The second-order valence-corrected chi connectivity index (χ2v) is 9.07. The third-order valence-corrected chi connectivity index (χ3v) is 6.76. The number of benzene rings is 1. The quantitative estimate of drug-likeness (QED) is 0.835. The van der Waals surface area contributed by atoms with Crippen molar-refractivity contribution < 1.29 is 13.2 Å². The van der Waals surface area contributed by atoms with Gasteiger partial charge in [0.15, 0.2) is 9.84 Å². The van der Waals surface area contributed by atoms with Gasteiger partial charge in [0.2, 0.25) is 5.91 Å². The molecular weight excluding hydrogens is 312 g/mol. The van der Waals surface area contributed by atoms with Gasteiger partial charge in [-0.05, 0) is 44.9 Å². The molecule has 0 saturated carbocycles. The first-order valence-corrected chi connectivity index (χ1v) is 9.96. The number of rotatable bonds is 4. The van der Waals surface area contributed by atoms with Gasteiger partial charge >= 0.3 is 0 Å². The summed E-state index contributed by atoms with van der Waals surface area (Å²) in [5.74, 6) is 0.836. The molecule has 2 aliphatic rings. The highest BCUT2D eigenvalue weighted by atomic mass is 32.2. The van der Waals surface area contributed by atoms with Crippen LogP contribution in [0.2, 0.25) is 0 Å². The molecule has 0 N–H and O–H groups in total. The monoisotopic (exact) mass is 336 g/mol. The molecule has 0 radical (unpaired) electrons. The fourth-order valence-electron chi connectivity index (χ4n) is 3.61. The number of hydrogen-bond donors (Lipinski definition) is 0. The summed E-state index contributed by atoms with van der Waals surface area (Å²) in [5, 5.41) is 0. The third kappa shape index (κ3) is 3.58.